The first-order chi connectivity index (χ1) is 11.4. The number of halogens is 2. The van der Waals surface area contributed by atoms with E-state index in [-0.39, 0.29) is 11.0 Å². The van der Waals surface area contributed by atoms with Gasteiger partial charge in [0.2, 0.25) is 0 Å². The Morgan fingerprint density at radius 3 is 2.75 bits per heavy atom. The van der Waals surface area contributed by atoms with Crippen LogP contribution in [0.2, 0.25) is 5.02 Å². The third kappa shape index (κ3) is 5.70. The highest BCUT2D eigenvalue weighted by molar-refractivity contribution is 8.00. The number of unbranched alkanes of at least 4 members (excludes halogenated alkanes) is 1. The molecular weight excluding hydrogens is 357 g/mol. The molecule has 1 aromatic carbocycles. The van der Waals surface area contributed by atoms with E-state index in [1.807, 2.05) is 13.8 Å². The lowest BCUT2D eigenvalue weighted by atomic mass is 10.2. The summed E-state index contributed by atoms with van der Waals surface area (Å²) in [7, 11) is 0. The zero-order valence-electron chi connectivity index (χ0n) is 13.3. The SMILES string of the molecule is CCCCOC(=O)C(CC)Sc1cc(C(=O)N=[N+]=[N-])c(F)cc1Cl. The molecule has 0 radical (unpaired) electrons. The van der Waals surface area contributed by atoms with Crippen LogP contribution in [0.25, 0.3) is 10.4 Å². The van der Waals surface area contributed by atoms with Gasteiger partial charge < -0.3 is 4.74 Å². The van der Waals surface area contributed by atoms with Gasteiger partial charge in [0.1, 0.15) is 11.1 Å². The second kappa shape index (κ2) is 10.2. The highest BCUT2D eigenvalue weighted by Crippen LogP contribution is 2.34. The molecule has 0 saturated heterocycles. The average Bonchev–Trinajstić information content (AvgIpc) is 2.54. The fraction of sp³-hybridized carbons (Fsp3) is 0.467. The predicted molar refractivity (Wildman–Crippen MR) is 90.7 cm³/mol. The number of hydrogen-bond donors (Lipinski definition) is 0. The van der Waals surface area contributed by atoms with Gasteiger partial charge in [0.25, 0.3) is 5.91 Å². The maximum absolute atomic E-state index is 13.8. The quantitative estimate of drug-likeness (QED) is 0.157. The second-order valence-electron chi connectivity index (χ2n) is 4.79. The molecule has 6 nitrogen and oxygen atoms in total. The molecule has 0 fully saturated rings. The number of nitrogens with zero attached hydrogens (tertiary/aromatic N) is 3. The third-order valence-corrected chi connectivity index (χ3v) is 4.86. The summed E-state index contributed by atoms with van der Waals surface area (Å²) in [4.78, 5) is 26.3. The van der Waals surface area contributed by atoms with Crippen LogP contribution in [0.3, 0.4) is 0 Å². The molecule has 9 heteroatoms. The number of thioether (sulfide) groups is 1. The maximum atomic E-state index is 13.8. The van der Waals surface area contributed by atoms with Crippen molar-refractivity contribution in [2.45, 2.75) is 43.3 Å². The van der Waals surface area contributed by atoms with Crippen LogP contribution in [0.4, 0.5) is 4.39 Å². The first-order valence-electron chi connectivity index (χ1n) is 7.36. The summed E-state index contributed by atoms with van der Waals surface area (Å²) >= 11 is 7.07. The molecule has 0 aliphatic carbocycles. The van der Waals surface area contributed by atoms with E-state index in [0.29, 0.717) is 17.9 Å². The fourth-order valence-electron chi connectivity index (χ4n) is 1.74. The topological polar surface area (TPSA) is 92.1 Å². The molecule has 1 unspecified atom stereocenters. The van der Waals surface area contributed by atoms with Crippen LogP contribution in [0.5, 0.6) is 0 Å². The summed E-state index contributed by atoms with van der Waals surface area (Å²) in [6.45, 7) is 4.13. The first-order valence-corrected chi connectivity index (χ1v) is 8.62. The van der Waals surface area contributed by atoms with Crippen LogP contribution < -0.4 is 0 Å². The smallest absolute Gasteiger partial charge is 0.319 e. The van der Waals surface area contributed by atoms with Gasteiger partial charge >= 0.3 is 5.97 Å². The molecule has 0 aromatic heterocycles. The van der Waals surface area contributed by atoms with E-state index < -0.39 is 22.5 Å². The molecule has 24 heavy (non-hydrogen) atoms. The molecule has 1 atom stereocenters. The van der Waals surface area contributed by atoms with Gasteiger partial charge in [-0.3, -0.25) is 9.59 Å². The number of rotatable bonds is 8. The minimum atomic E-state index is -1.05. The van der Waals surface area contributed by atoms with E-state index in [1.165, 1.54) is 6.07 Å². The summed E-state index contributed by atoms with van der Waals surface area (Å²) in [6.07, 6.45) is 2.16. The van der Waals surface area contributed by atoms with Gasteiger partial charge in [-0.25, -0.2) is 4.39 Å². The molecule has 0 heterocycles. The Bertz CT molecular complexity index is 666. The van der Waals surface area contributed by atoms with Crippen LogP contribution in [-0.2, 0) is 9.53 Å². The minimum absolute atomic E-state index is 0.0646. The number of hydrogen-bond acceptors (Lipinski definition) is 4. The number of ether oxygens (including phenoxy) is 1. The Labute approximate surface area is 148 Å². The molecular formula is C15H17ClFN3O3S. The van der Waals surface area contributed by atoms with Crippen LogP contribution in [0.1, 0.15) is 43.5 Å². The molecule has 130 valence electrons. The first kappa shape index (κ1) is 20.3. The third-order valence-electron chi connectivity index (χ3n) is 3.03. The van der Waals surface area contributed by atoms with Gasteiger partial charge in [0, 0.05) is 9.81 Å². The molecule has 0 saturated carbocycles. The zero-order chi connectivity index (χ0) is 18.1. The lowest BCUT2D eigenvalue weighted by Gasteiger charge is -2.15. The molecule has 1 aromatic rings. The Morgan fingerprint density at radius 2 is 2.17 bits per heavy atom. The number of carbonyl (C=O) groups is 2. The second-order valence-corrected chi connectivity index (χ2v) is 6.44. The van der Waals surface area contributed by atoms with Gasteiger partial charge in [-0.15, -0.1) is 11.8 Å². The lowest BCUT2D eigenvalue weighted by Crippen LogP contribution is -2.20. The minimum Gasteiger partial charge on any atom is -0.465 e. The van der Waals surface area contributed by atoms with Crippen molar-refractivity contribution < 1.29 is 18.7 Å². The molecule has 0 aliphatic heterocycles. The zero-order valence-corrected chi connectivity index (χ0v) is 14.9. The Morgan fingerprint density at radius 1 is 1.46 bits per heavy atom. The van der Waals surface area contributed by atoms with Crippen LogP contribution in [-0.4, -0.2) is 23.7 Å². The van der Waals surface area contributed by atoms with Crippen molar-refractivity contribution in [2.75, 3.05) is 6.61 Å². The van der Waals surface area contributed by atoms with E-state index >= 15 is 0 Å². The van der Waals surface area contributed by atoms with Crippen LogP contribution in [0.15, 0.2) is 22.1 Å². The predicted octanol–water partition coefficient (Wildman–Crippen LogP) is 5.14. The Hall–Kier alpha value is -1.76. The largest absolute Gasteiger partial charge is 0.465 e. The normalized spacial score (nSPS) is 11.5. The van der Waals surface area contributed by atoms with Crippen molar-refractivity contribution in [3.8, 4) is 0 Å². The van der Waals surface area contributed by atoms with Crippen molar-refractivity contribution in [3.05, 3.63) is 39.0 Å². The molecule has 1 rings (SSSR count). The maximum Gasteiger partial charge on any atom is 0.319 e. The standard InChI is InChI=1S/C15H17ClFN3O3S/c1-3-5-6-23-15(22)12(4-2)24-13-7-9(14(21)19-20-18)11(17)8-10(13)16/h7-8,12H,3-6H2,1-2H3. The number of benzene rings is 1. The van der Waals surface area contributed by atoms with E-state index in [0.717, 1.165) is 30.7 Å². The van der Waals surface area contributed by atoms with E-state index in [4.69, 9.17) is 21.9 Å². The summed E-state index contributed by atoms with van der Waals surface area (Å²) in [5, 5.41) is 2.40. The number of amides is 1. The van der Waals surface area contributed by atoms with Crippen LogP contribution in [0, 0.1) is 5.82 Å². The fourth-order valence-corrected chi connectivity index (χ4v) is 3.02. The highest BCUT2D eigenvalue weighted by atomic mass is 35.5. The Balaban J connectivity index is 2.99. The monoisotopic (exact) mass is 373 g/mol. The summed E-state index contributed by atoms with van der Waals surface area (Å²) in [5.41, 5.74) is 7.90. The van der Waals surface area contributed by atoms with Gasteiger partial charge in [-0.1, -0.05) is 31.9 Å². The van der Waals surface area contributed by atoms with Crippen molar-refractivity contribution in [1.29, 1.82) is 0 Å². The average molecular weight is 374 g/mol. The van der Waals surface area contributed by atoms with Gasteiger partial charge in [-0.05, 0) is 35.6 Å². The number of azide groups is 1. The van der Waals surface area contributed by atoms with E-state index in [1.54, 1.807) is 0 Å². The molecule has 1 amide bonds. The number of carbonyl (C=O) groups excluding carboxylic acids is 2. The van der Waals surface area contributed by atoms with Crippen molar-refractivity contribution >= 4 is 35.2 Å². The van der Waals surface area contributed by atoms with E-state index in [2.05, 4.69) is 10.0 Å². The number of esters is 1. The lowest BCUT2D eigenvalue weighted by molar-refractivity contribution is -0.143. The molecule has 0 bridgehead atoms. The Kier molecular flexibility index (Phi) is 8.60. The van der Waals surface area contributed by atoms with Crippen LogP contribution >= 0.6 is 23.4 Å². The van der Waals surface area contributed by atoms with E-state index in [9.17, 15) is 14.0 Å². The van der Waals surface area contributed by atoms with Crippen molar-refractivity contribution in [3.63, 3.8) is 0 Å². The van der Waals surface area contributed by atoms with Crippen molar-refractivity contribution in [1.82, 2.24) is 0 Å². The van der Waals surface area contributed by atoms with Crippen molar-refractivity contribution in [2.24, 2.45) is 5.11 Å². The van der Waals surface area contributed by atoms with Gasteiger partial charge in [0.05, 0.1) is 17.2 Å². The summed E-state index contributed by atoms with van der Waals surface area (Å²) in [5.74, 6) is -2.33. The van der Waals surface area contributed by atoms with Gasteiger partial charge in [0.15, 0.2) is 0 Å². The molecule has 0 N–H and O–H groups in total. The summed E-state index contributed by atoms with van der Waals surface area (Å²) < 4.78 is 19.0. The highest BCUT2D eigenvalue weighted by Gasteiger charge is 2.22. The molecule has 0 spiro atoms. The molecule has 0 aliphatic rings. The van der Waals surface area contributed by atoms with Gasteiger partial charge in [-0.2, -0.15) is 0 Å². The summed E-state index contributed by atoms with van der Waals surface area (Å²) in [6, 6.07) is 2.14.